The molecule has 1 fully saturated rings. The average molecular weight is 454 g/mol. The van der Waals surface area contributed by atoms with Gasteiger partial charge in [-0.1, -0.05) is 0 Å². The van der Waals surface area contributed by atoms with E-state index < -0.39 is 11.6 Å². The number of rotatable bonds is 5. The second kappa shape index (κ2) is 8.32. The Bertz CT molecular complexity index is 1310. The fraction of sp³-hybridized carbons (Fsp3) is 0.318. The highest BCUT2D eigenvalue weighted by molar-refractivity contribution is 5.83. The number of aryl methyl sites for hydroxylation is 2. The molecule has 9 nitrogen and oxygen atoms in total. The number of piperazine rings is 1. The Kier molecular flexibility index (Phi) is 5.33. The molecule has 1 aliphatic heterocycles. The number of ether oxygens (including phenoxy) is 1. The SMILES string of the molecule is Cc1cc(Nc2nc(Oc3cc(F)c4[nH]c(C)cc4c3F)cc(N3CCN(C)CC3)n2)n[nH]1. The minimum atomic E-state index is -0.659. The van der Waals surface area contributed by atoms with Gasteiger partial charge in [-0.3, -0.25) is 5.10 Å². The fourth-order valence-electron chi connectivity index (χ4n) is 3.84. The number of anilines is 3. The minimum absolute atomic E-state index is 0.0959. The normalized spacial score (nSPS) is 14.8. The number of hydrogen-bond donors (Lipinski definition) is 3. The van der Waals surface area contributed by atoms with E-state index in [-0.39, 0.29) is 28.5 Å². The number of hydrogen-bond acceptors (Lipinski definition) is 7. The number of aromatic amines is 2. The average Bonchev–Trinajstić information content (AvgIpc) is 3.37. The highest BCUT2D eigenvalue weighted by Crippen LogP contribution is 2.33. The summed E-state index contributed by atoms with van der Waals surface area (Å²) < 4.78 is 35.4. The number of likely N-dealkylation sites (N-methyl/N-ethyl adjacent to an activating group) is 1. The number of benzene rings is 1. The van der Waals surface area contributed by atoms with Crippen LogP contribution in [0.15, 0.2) is 24.3 Å². The van der Waals surface area contributed by atoms with Crippen molar-refractivity contribution in [2.75, 3.05) is 43.4 Å². The lowest BCUT2D eigenvalue weighted by atomic mass is 10.2. The van der Waals surface area contributed by atoms with Crippen LogP contribution >= 0.6 is 0 Å². The zero-order chi connectivity index (χ0) is 23.1. The Hall–Kier alpha value is -3.73. The summed E-state index contributed by atoms with van der Waals surface area (Å²) >= 11 is 0. The Morgan fingerprint density at radius 2 is 1.79 bits per heavy atom. The van der Waals surface area contributed by atoms with Crippen molar-refractivity contribution in [1.82, 2.24) is 30.0 Å². The predicted molar refractivity (Wildman–Crippen MR) is 121 cm³/mol. The van der Waals surface area contributed by atoms with Crippen LogP contribution in [0.3, 0.4) is 0 Å². The van der Waals surface area contributed by atoms with Crippen LogP contribution in [0.4, 0.5) is 26.4 Å². The molecule has 3 N–H and O–H groups in total. The van der Waals surface area contributed by atoms with Crippen LogP contribution in [0.25, 0.3) is 10.9 Å². The van der Waals surface area contributed by atoms with Crippen molar-refractivity contribution < 1.29 is 13.5 Å². The molecule has 1 saturated heterocycles. The minimum Gasteiger partial charge on any atom is -0.436 e. The maximum absolute atomic E-state index is 15.1. The van der Waals surface area contributed by atoms with Gasteiger partial charge in [0.05, 0.1) is 5.52 Å². The summed E-state index contributed by atoms with van der Waals surface area (Å²) in [7, 11) is 2.06. The first-order valence-electron chi connectivity index (χ1n) is 10.6. The summed E-state index contributed by atoms with van der Waals surface area (Å²) in [5.41, 5.74) is 1.63. The van der Waals surface area contributed by atoms with Gasteiger partial charge in [-0.25, -0.2) is 8.78 Å². The van der Waals surface area contributed by atoms with Gasteiger partial charge in [-0.15, -0.1) is 0 Å². The maximum Gasteiger partial charge on any atom is 0.233 e. The van der Waals surface area contributed by atoms with E-state index in [0.717, 1.165) is 37.9 Å². The second-order valence-electron chi connectivity index (χ2n) is 8.25. The van der Waals surface area contributed by atoms with Crippen LogP contribution in [0.1, 0.15) is 11.4 Å². The van der Waals surface area contributed by atoms with Gasteiger partial charge in [0.2, 0.25) is 11.8 Å². The molecule has 0 aliphatic carbocycles. The third-order valence-electron chi connectivity index (χ3n) is 5.58. The van der Waals surface area contributed by atoms with Crippen LogP contribution in [0, 0.1) is 25.5 Å². The van der Waals surface area contributed by atoms with E-state index in [9.17, 15) is 4.39 Å². The van der Waals surface area contributed by atoms with E-state index in [0.29, 0.717) is 17.3 Å². The quantitative estimate of drug-likeness (QED) is 0.421. The third kappa shape index (κ3) is 4.31. The molecular formula is C22H24F2N8O. The highest BCUT2D eigenvalue weighted by atomic mass is 19.1. The Labute approximate surface area is 188 Å². The number of halogens is 2. The van der Waals surface area contributed by atoms with Crippen molar-refractivity contribution in [2.45, 2.75) is 13.8 Å². The van der Waals surface area contributed by atoms with Crippen LogP contribution in [0.5, 0.6) is 11.6 Å². The first kappa shape index (κ1) is 21.1. The van der Waals surface area contributed by atoms with Gasteiger partial charge in [0.25, 0.3) is 0 Å². The lowest BCUT2D eigenvalue weighted by Gasteiger charge is -2.33. The standard InChI is InChI=1S/C22H24F2N8O/c1-12-8-14-20(24)16(10-15(23)21(14)25-12)33-19-11-18(32-6-4-31(3)5-7-32)27-22(28-19)26-17-9-13(2)29-30-17/h8-11,25H,4-7H2,1-3H3,(H2,26,27,28,29,30). The zero-order valence-corrected chi connectivity index (χ0v) is 18.5. The fourth-order valence-corrected chi connectivity index (χ4v) is 3.84. The topological polar surface area (TPSA) is 98.0 Å². The van der Waals surface area contributed by atoms with Crippen molar-refractivity contribution in [2.24, 2.45) is 0 Å². The van der Waals surface area contributed by atoms with E-state index in [4.69, 9.17) is 4.74 Å². The summed E-state index contributed by atoms with van der Waals surface area (Å²) in [4.78, 5) is 16.1. The molecule has 4 aromatic rings. The van der Waals surface area contributed by atoms with E-state index in [1.54, 1.807) is 19.1 Å². The molecule has 0 atom stereocenters. The van der Waals surface area contributed by atoms with Crippen LogP contribution < -0.4 is 15.0 Å². The second-order valence-corrected chi connectivity index (χ2v) is 8.25. The van der Waals surface area contributed by atoms with Crippen LogP contribution in [-0.4, -0.2) is 63.3 Å². The zero-order valence-electron chi connectivity index (χ0n) is 18.5. The molecule has 0 amide bonds. The lowest BCUT2D eigenvalue weighted by molar-refractivity contribution is 0.312. The van der Waals surface area contributed by atoms with Gasteiger partial charge in [0.1, 0.15) is 5.82 Å². The third-order valence-corrected chi connectivity index (χ3v) is 5.58. The molecule has 1 aliphatic rings. The molecule has 33 heavy (non-hydrogen) atoms. The smallest absolute Gasteiger partial charge is 0.233 e. The van der Waals surface area contributed by atoms with Crippen molar-refractivity contribution in [3.05, 3.63) is 47.3 Å². The predicted octanol–water partition coefficient (Wildman–Crippen LogP) is 3.86. The van der Waals surface area contributed by atoms with E-state index in [1.165, 1.54) is 0 Å². The van der Waals surface area contributed by atoms with E-state index >= 15 is 4.39 Å². The molecular weight excluding hydrogens is 430 g/mol. The molecule has 3 aromatic heterocycles. The lowest BCUT2D eigenvalue weighted by Crippen LogP contribution is -2.44. The van der Waals surface area contributed by atoms with E-state index in [1.807, 2.05) is 13.0 Å². The molecule has 11 heteroatoms. The van der Waals surface area contributed by atoms with Gasteiger partial charge in [0, 0.05) is 61.2 Å². The van der Waals surface area contributed by atoms with Gasteiger partial charge in [-0.2, -0.15) is 15.1 Å². The molecule has 0 spiro atoms. The molecule has 4 heterocycles. The summed E-state index contributed by atoms with van der Waals surface area (Å²) in [5.74, 6) is -0.00609. The largest absolute Gasteiger partial charge is 0.436 e. The van der Waals surface area contributed by atoms with Crippen molar-refractivity contribution >= 4 is 28.5 Å². The summed E-state index contributed by atoms with van der Waals surface area (Å²) in [6.45, 7) is 6.91. The molecule has 0 radical (unpaired) electrons. The highest BCUT2D eigenvalue weighted by Gasteiger charge is 2.20. The number of nitrogens with zero attached hydrogens (tertiary/aromatic N) is 5. The molecule has 0 saturated carbocycles. The van der Waals surface area contributed by atoms with Gasteiger partial charge >= 0.3 is 0 Å². The van der Waals surface area contributed by atoms with Crippen LogP contribution in [-0.2, 0) is 0 Å². The number of fused-ring (bicyclic) bond motifs is 1. The molecule has 1 aromatic carbocycles. The van der Waals surface area contributed by atoms with Crippen molar-refractivity contribution in [3.8, 4) is 11.6 Å². The first-order valence-corrected chi connectivity index (χ1v) is 10.6. The Morgan fingerprint density at radius 3 is 2.52 bits per heavy atom. The Morgan fingerprint density at radius 1 is 1.00 bits per heavy atom. The van der Waals surface area contributed by atoms with Gasteiger partial charge in [-0.05, 0) is 27.0 Å². The van der Waals surface area contributed by atoms with Crippen molar-refractivity contribution in [1.29, 1.82) is 0 Å². The first-order chi connectivity index (χ1) is 15.9. The molecule has 5 rings (SSSR count). The van der Waals surface area contributed by atoms with Gasteiger partial charge < -0.3 is 24.8 Å². The molecule has 0 bridgehead atoms. The number of H-pyrrole nitrogens is 2. The molecule has 0 unspecified atom stereocenters. The summed E-state index contributed by atoms with van der Waals surface area (Å²) in [5, 5.41) is 10.2. The van der Waals surface area contributed by atoms with E-state index in [2.05, 4.69) is 47.3 Å². The van der Waals surface area contributed by atoms with Gasteiger partial charge in [0.15, 0.2) is 23.2 Å². The monoisotopic (exact) mass is 454 g/mol. The maximum atomic E-state index is 15.1. The number of aromatic nitrogens is 5. The van der Waals surface area contributed by atoms with Crippen molar-refractivity contribution in [3.63, 3.8) is 0 Å². The number of nitrogens with one attached hydrogen (secondary N) is 3. The summed E-state index contributed by atoms with van der Waals surface area (Å²) in [6, 6.07) is 6.01. The molecule has 172 valence electrons. The Balaban J connectivity index is 1.51. The summed E-state index contributed by atoms with van der Waals surface area (Å²) in [6.07, 6.45) is 0. The van der Waals surface area contributed by atoms with Crippen LogP contribution in [0.2, 0.25) is 0 Å².